The van der Waals surface area contributed by atoms with Crippen molar-refractivity contribution in [3.05, 3.63) is 58.4 Å². The van der Waals surface area contributed by atoms with Gasteiger partial charge in [0, 0.05) is 41.0 Å². The lowest BCUT2D eigenvalue weighted by Gasteiger charge is -2.22. The molecule has 4 rings (SSSR count). The quantitative estimate of drug-likeness (QED) is 0.610. The summed E-state index contributed by atoms with van der Waals surface area (Å²) < 4.78 is 0. The highest BCUT2D eigenvalue weighted by Gasteiger charge is 2.22. The van der Waals surface area contributed by atoms with E-state index in [1.54, 1.807) is 23.5 Å². The highest BCUT2D eigenvalue weighted by molar-refractivity contribution is 7.11. The molecule has 0 spiro atoms. The number of aryl methyl sites for hydroxylation is 1. The zero-order valence-corrected chi connectivity index (χ0v) is 15.3. The van der Waals surface area contributed by atoms with E-state index in [2.05, 4.69) is 33.9 Å². The minimum atomic E-state index is -0.0722. The van der Waals surface area contributed by atoms with Crippen LogP contribution in [0.5, 0.6) is 5.75 Å². The number of H-pyrrole nitrogens is 1. The Balaban J connectivity index is 1.33. The number of hydrogen-bond donors (Lipinski definition) is 3. The van der Waals surface area contributed by atoms with Crippen LogP contribution < -0.4 is 5.32 Å². The highest BCUT2D eigenvalue weighted by atomic mass is 32.1. The number of Topliss-reactive ketones (excluding diaryl/α,β-unsaturated/α-hetero) is 1. The van der Waals surface area contributed by atoms with Gasteiger partial charge in [0.25, 0.3) is 0 Å². The molecule has 0 bridgehead atoms. The molecule has 1 atom stereocenters. The molecule has 0 saturated heterocycles. The van der Waals surface area contributed by atoms with Crippen LogP contribution >= 0.6 is 11.3 Å². The van der Waals surface area contributed by atoms with E-state index in [1.165, 1.54) is 16.0 Å². The summed E-state index contributed by atoms with van der Waals surface area (Å²) >= 11 is 1.73. The van der Waals surface area contributed by atoms with Gasteiger partial charge in [-0.05, 0) is 54.0 Å². The number of carbonyl (C=O) groups is 1. The molecule has 3 heterocycles. The lowest BCUT2D eigenvalue weighted by atomic mass is 9.94. The van der Waals surface area contributed by atoms with Gasteiger partial charge in [-0.25, -0.2) is 0 Å². The summed E-state index contributed by atoms with van der Waals surface area (Å²) in [4.78, 5) is 17.1. The first-order valence-corrected chi connectivity index (χ1v) is 9.86. The van der Waals surface area contributed by atoms with Gasteiger partial charge in [-0.15, -0.1) is 11.3 Å². The second kappa shape index (κ2) is 7.48. The number of aromatic nitrogens is 1. The number of rotatable bonds is 6. The molecule has 0 aliphatic carbocycles. The maximum atomic E-state index is 12.6. The first-order chi connectivity index (χ1) is 12.7. The smallest absolute Gasteiger partial charge is 0.150 e. The molecule has 1 aliphatic rings. The molecule has 2 aromatic heterocycles. The van der Waals surface area contributed by atoms with Crippen LogP contribution in [-0.4, -0.2) is 28.5 Å². The average Bonchev–Trinajstić information content (AvgIpc) is 3.32. The normalized spacial score (nSPS) is 17.4. The molecule has 3 N–H and O–H groups in total. The van der Waals surface area contributed by atoms with E-state index in [0.717, 1.165) is 36.7 Å². The van der Waals surface area contributed by atoms with Crippen molar-refractivity contribution in [2.45, 2.75) is 31.7 Å². The van der Waals surface area contributed by atoms with Crippen LogP contribution in [0.1, 0.15) is 29.7 Å². The van der Waals surface area contributed by atoms with Gasteiger partial charge in [-0.3, -0.25) is 4.79 Å². The predicted octanol–water partition coefficient (Wildman–Crippen LogP) is 4.27. The van der Waals surface area contributed by atoms with Crippen molar-refractivity contribution < 1.29 is 9.90 Å². The van der Waals surface area contributed by atoms with Crippen molar-refractivity contribution in [2.24, 2.45) is 0 Å². The summed E-state index contributed by atoms with van der Waals surface area (Å²) in [6, 6.07) is 9.47. The molecule has 1 unspecified atom stereocenters. The Hall–Kier alpha value is -2.37. The van der Waals surface area contributed by atoms with Crippen LogP contribution in [0.2, 0.25) is 0 Å². The van der Waals surface area contributed by atoms with E-state index >= 15 is 0 Å². The Morgan fingerprint density at radius 3 is 3.08 bits per heavy atom. The molecule has 0 radical (unpaired) electrons. The number of thiophene rings is 1. The van der Waals surface area contributed by atoms with E-state index in [1.807, 2.05) is 12.3 Å². The summed E-state index contributed by atoms with van der Waals surface area (Å²) in [7, 11) is 0. The molecule has 4 nitrogen and oxygen atoms in total. The number of hydrogen-bond acceptors (Lipinski definition) is 4. The standard InChI is InChI=1S/C21H22N2O2S/c24-16-6-7-17-15(13-23-18(17)12-16)3-1-4-20(25)19-11-14(8-9-22-19)21-5-2-10-26-21/h2,5-8,10,12-13,19,22-24H,1,3-4,9,11H2. The first-order valence-electron chi connectivity index (χ1n) is 8.99. The fourth-order valence-corrected chi connectivity index (χ4v) is 4.38. The largest absolute Gasteiger partial charge is 0.508 e. The summed E-state index contributed by atoms with van der Waals surface area (Å²) in [5.74, 6) is 0.559. The Kier molecular flexibility index (Phi) is 4.91. The number of ketones is 1. The molecule has 1 aromatic carbocycles. The number of fused-ring (bicyclic) bond motifs is 1. The number of aromatic amines is 1. The highest BCUT2D eigenvalue weighted by Crippen LogP contribution is 2.27. The number of phenols is 1. The number of nitrogens with one attached hydrogen (secondary N) is 2. The van der Waals surface area contributed by atoms with Gasteiger partial charge in [0.2, 0.25) is 0 Å². The number of carbonyl (C=O) groups excluding carboxylic acids is 1. The van der Waals surface area contributed by atoms with Crippen LogP contribution in [0.4, 0.5) is 0 Å². The third-order valence-electron chi connectivity index (χ3n) is 4.98. The molecular weight excluding hydrogens is 344 g/mol. The fourth-order valence-electron chi connectivity index (χ4n) is 3.60. The second-order valence-electron chi connectivity index (χ2n) is 6.74. The number of benzene rings is 1. The van der Waals surface area contributed by atoms with Gasteiger partial charge in [0.15, 0.2) is 0 Å². The molecule has 1 aliphatic heterocycles. The van der Waals surface area contributed by atoms with E-state index in [0.29, 0.717) is 12.2 Å². The molecule has 134 valence electrons. The van der Waals surface area contributed by atoms with Gasteiger partial charge in [0.05, 0.1) is 6.04 Å². The Labute approximate surface area is 156 Å². The van der Waals surface area contributed by atoms with Crippen LogP contribution in [0, 0.1) is 0 Å². The van der Waals surface area contributed by atoms with Crippen molar-refractivity contribution in [1.29, 1.82) is 0 Å². The van der Waals surface area contributed by atoms with Crippen molar-refractivity contribution in [2.75, 3.05) is 6.54 Å². The monoisotopic (exact) mass is 366 g/mol. The van der Waals surface area contributed by atoms with Crippen molar-refractivity contribution in [1.82, 2.24) is 10.3 Å². The molecule has 0 saturated carbocycles. The van der Waals surface area contributed by atoms with E-state index in [4.69, 9.17) is 0 Å². The van der Waals surface area contributed by atoms with Gasteiger partial charge in [-0.1, -0.05) is 12.1 Å². The van der Waals surface area contributed by atoms with Gasteiger partial charge in [-0.2, -0.15) is 0 Å². The Morgan fingerprint density at radius 1 is 1.31 bits per heavy atom. The van der Waals surface area contributed by atoms with E-state index in [-0.39, 0.29) is 11.8 Å². The fraction of sp³-hybridized carbons (Fsp3) is 0.286. The van der Waals surface area contributed by atoms with Crippen LogP contribution in [0.3, 0.4) is 0 Å². The summed E-state index contributed by atoms with van der Waals surface area (Å²) in [5, 5.41) is 16.1. The molecular formula is C21H22N2O2S. The lowest BCUT2D eigenvalue weighted by molar-refractivity contribution is -0.121. The maximum absolute atomic E-state index is 12.6. The molecule has 0 amide bonds. The average molecular weight is 366 g/mol. The third-order valence-corrected chi connectivity index (χ3v) is 5.93. The predicted molar refractivity (Wildman–Crippen MR) is 107 cm³/mol. The second-order valence-corrected chi connectivity index (χ2v) is 7.68. The molecule has 5 heteroatoms. The summed E-state index contributed by atoms with van der Waals surface area (Å²) in [6.45, 7) is 0.760. The maximum Gasteiger partial charge on any atom is 0.150 e. The Bertz CT molecular complexity index is 940. The number of aromatic hydroxyl groups is 1. The minimum absolute atomic E-state index is 0.0722. The zero-order chi connectivity index (χ0) is 17.9. The topological polar surface area (TPSA) is 65.1 Å². The van der Waals surface area contributed by atoms with Crippen molar-refractivity contribution in [3.63, 3.8) is 0 Å². The van der Waals surface area contributed by atoms with Crippen LogP contribution in [0.15, 0.2) is 48.0 Å². The minimum Gasteiger partial charge on any atom is -0.508 e. The van der Waals surface area contributed by atoms with Gasteiger partial charge in [0.1, 0.15) is 11.5 Å². The van der Waals surface area contributed by atoms with Crippen molar-refractivity contribution in [3.8, 4) is 5.75 Å². The molecule has 3 aromatic rings. The SMILES string of the molecule is O=C(CCCc1c[nH]c2cc(O)ccc12)C1CC(c2cccs2)=CCN1. The summed E-state index contributed by atoms with van der Waals surface area (Å²) in [5.41, 5.74) is 3.42. The van der Waals surface area contributed by atoms with Crippen LogP contribution in [0.25, 0.3) is 16.5 Å². The number of phenolic OH excluding ortho intramolecular Hbond substituents is 1. The third kappa shape index (κ3) is 3.59. The van der Waals surface area contributed by atoms with Crippen LogP contribution in [-0.2, 0) is 11.2 Å². The molecule has 26 heavy (non-hydrogen) atoms. The molecule has 0 fully saturated rings. The summed E-state index contributed by atoms with van der Waals surface area (Å²) in [6.07, 6.45) is 7.23. The van der Waals surface area contributed by atoms with Crippen molar-refractivity contribution >= 4 is 33.6 Å². The Morgan fingerprint density at radius 2 is 2.23 bits per heavy atom. The van der Waals surface area contributed by atoms with E-state index in [9.17, 15) is 9.90 Å². The van der Waals surface area contributed by atoms with Gasteiger partial charge >= 0.3 is 0 Å². The van der Waals surface area contributed by atoms with Gasteiger partial charge < -0.3 is 15.4 Å². The first kappa shape index (κ1) is 17.1. The zero-order valence-electron chi connectivity index (χ0n) is 14.5. The van der Waals surface area contributed by atoms with E-state index < -0.39 is 0 Å². The lowest BCUT2D eigenvalue weighted by Crippen LogP contribution is -2.39.